The molecule has 0 aromatic carbocycles. The van der Waals surface area contributed by atoms with Gasteiger partial charge in [0, 0.05) is 21.3 Å². The van der Waals surface area contributed by atoms with Crippen molar-refractivity contribution in [1.82, 2.24) is 0 Å². The van der Waals surface area contributed by atoms with Crippen molar-refractivity contribution in [2.45, 2.75) is 70.5 Å². The molecule has 122 valence electrons. The second-order valence-electron chi connectivity index (χ2n) is 5.25. The number of rotatable bonds is 15. The van der Waals surface area contributed by atoms with Crippen LogP contribution in [-0.2, 0) is 18.9 Å². The fourth-order valence-corrected chi connectivity index (χ4v) is 2.36. The highest BCUT2D eigenvalue weighted by molar-refractivity contribution is 4.60. The second kappa shape index (κ2) is 15.2. The summed E-state index contributed by atoms with van der Waals surface area (Å²) < 4.78 is 21.1. The van der Waals surface area contributed by atoms with Gasteiger partial charge in [-0.3, -0.25) is 0 Å². The maximum atomic E-state index is 5.47. The first-order chi connectivity index (χ1) is 9.78. The van der Waals surface area contributed by atoms with Crippen LogP contribution in [0.2, 0.25) is 0 Å². The van der Waals surface area contributed by atoms with Crippen molar-refractivity contribution in [3.8, 4) is 0 Å². The molecule has 4 nitrogen and oxygen atoms in total. The second-order valence-corrected chi connectivity index (χ2v) is 5.25. The van der Waals surface area contributed by atoms with Crippen LogP contribution in [0.15, 0.2) is 0 Å². The van der Waals surface area contributed by atoms with Crippen LogP contribution in [0.5, 0.6) is 0 Å². The Morgan fingerprint density at radius 3 is 1.85 bits per heavy atom. The van der Waals surface area contributed by atoms with Gasteiger partial charge >= 0.3 is 0 Å². The van der Waals surface area contributed by atoms with E-state index in [4.69, 9.17) is 18.9 Å². The summed E-state index contributed by atoms with van der Waals surface area (Å²) in [5.41, 5.74) is 0. The van der Waals surface area contributed by atoms with Crippen LogP contribution in [0.3, 0.4) is 0 Å². The first kappa shape index (κ1) is 19.8. The van der Waals surface area contributed by atoms with Crippen LogP contribution in [-0.4, -0.2) is 46.9 Å². The number of unbranched alkanes of at least 4 members (excludes halogenated alkanes) is 2. The number of methoxy groups -OCH3 is 3. The van der Waals surface area contributed by atoms with Gasteiger partial charge in [0.1, 0.15) is 6.79 Å². The Bertz CT molecular complexity index is 187. The van der Waals surface area contributed by atoms with Gasteiger partial charge in [0.2, 0.25) is 0 Å². The fourth-order valence-electron chi connectivity index (χ4n) is 2.36. The van der Waals surface area contributed by atoms with Gasteiger partial charge in [-0.2, -0.15) is 0 Å². The molecule has 0 aliphatic heterocycles. The molecule has 0 aromatic heterocycles. The van der Waals surface area contributed by atoms with Crippen LogP contribution in [0, 0.1) is 0 Å². The van der Waals surface area contributed by atoms with Crippen molar-refractivity contribution in [3.63, 3.8) is 0 Å². The summed E-state index contributed by atoms with van der Waals surface area (Å²) in [6.07, 6.45) is 10.1. The van der Waals surface area contributed by atoms with Gasteiger partial charge in [-0.25, -0.2) is 0 Å². The van der Waals surface area contributed by atoms with E-state index in [-0.39, 0.29) is 0 Å². The quantitative estimate of drug-likeness (QED) is 0.340. The Balaban J connectivity index is 3.49. The summed E-state index contributed by atoms with van der Waals surface area (Å²) in [5, 5.41) is 0. The van der Waals surface area contributed by atoms with Crippen LogP contribution in [0.25, 0.3) is 0 Å². The van der Waals surface area contributed by atoms with Gasteiger partial charge in [0.15, 0.2) is 0 Å². The molecule has 0 aliphatic rings. The molecule has 0 aromatic rings. The molecular formula is C16H34O4. The highest BCUT2D eigenvalue weighted by atomic mass is 16.7. The van der Waals surface area contributed by atoms with E-state index >= 15 is 0 Å². The zero-order chi connectivity index (χ0) is 15.1. The van der Waals surface area contributed by atoms with Gasteiger partial charge in [0.25, 0.3) is 0 Å². The lowest BCUT2D eigenvalue weighted by molar-refractivity contribution is -0.0441. The average molecular weight is 290 g/mol. The summed E-state index contributed by atoms with van der Waals surface area (Å²) >= 11 is 0. The van der Waals surface area contributed by atoms with Crippen molar-refractivity contribution in [1.29, 1.82) is 0 Å². The van der Waals surface area contributed by atoms with E-state index in [1.165, 1.54) is 38.5 Å². The number of hydrogen-bond donors (Lipinski definition) is 0. The predicted octanol–water partition coefficient (Wildman–Crippen LogP) is 3.78. The molecule has 0 unspecified atom stereocenters. The summed E-state index contributed by atoms with van der Waals surface area (Å²) in [6, 6.07) is 0. The lowest BCUT2D eigenvalue weighted by Gasteiger charge is -2.16. The smallest absolute Gasteiger partial charge is 0.146 e. The van der Waals surface area contributed by atoms with E-state index in [9.17, 15) is 0 Å². The minimum atomic E-state index is 0.306. The van der Waals surface area contributed by atoms with Crippen LogP contribution in [0.4, 0.5) is 0 Å². The lowest BCUT2D eigenvalue weighted by atomic mass is 10.0. The third-order valence-electron chi connectivity index (χ3n) is 3.61. The summed E-state index contributed by atoms with van der Waals surface area (Å²) in [4.78, 5) is 0. The SMILES string of the molecule is CCC[C@H](CCCCC[C@H](CCOCOC)OC)OC. The molecule has 0 saturated heterocycles. The molecule has 0 saturated carbocycles. The molecule has 4 heteroatoms. The lowest BCUT2D eigenvalue weighted by Crippen LogP contribution is -2.14. The third kappa shape index (κ3) is 11.6. The minimum absolute atomic E-state index is 0.306. The predicted molar refractivity (Wildman–Crippen MR) is 82.0 cm³/mol. The molecule has 0 fully saturated rings. The van der Waals surface area contributed by atoms with Crippen molar-refractivity contribution in [2.24, 2.45) is 0 Å². The van der Waals surface area contributed by atoms with E-state index in [1.807, 2.05) is 7.11 Å². The Hall–Kier alpha value is -0.160. The first-order valence-corrected chi connectivity index (χ1v) is 7.90. The van der Waals surface area contributed by atoms with Gasteiger partial charge in [0.05, 0.1) is 18.8 Å². The molecule has 0 radical (unpaired) electrons. The van der Waals surface area contributed by atoms with Crippen molar-refractivity contribution >= 4 is 0 Å². The molecule has 0 rings (SSSR count). The molecule has 0 amide bonds. The maximum absolute atomic E-state index is 5.47. The Morgan fingerprint density at radius 2 is 1.35 bits per heavy atom. The largest absolute Gasteiger partial charge is 0.381 e. The highest BCUT2D eigenvalue weighted by Gasteiger charge is 2.08. The normalized spacial score (nSPS) is 14.4. The molecule has 2 atom stereocenters. The molecule has 0 aliphatic carbocycles. The third-order valence-corrected chi connectivity index (χ3v) is 3.61. The molecule has 0 bridgehead atoms. The van der Waals surface area contributed by atoms with Crippen molar-refractivity contribution < 1.29 is 18.9 Å². The summed E-state index contributed by atoms with van der Waals surface area (Å²) in [7, 11) is 5.24. The van der Waals surface area contributed by atoms with Crippen LogP contribution >= 0.6 is 0 Å². The Kier molecular flexibility index (Phi) is 15.1. The Labute approximate surface area is 125 Å². The van der Waals surface area contributed by atoms with E-state index in [2.05, 4.69) is 6.92 Å². The van der Waals surface area contributed by atoms with Gasteiger partial charge in [-0.15, -0.1) is 0 Å². The number of ether oxygens (including phenoxy) is 4. The summed E-state index contributed by atoms with van der Waals surface area (Å²) in [5.74, 6) is 0. The number of hydrogen-bond acceptors (Lipinski definition) is 4. The molecule has 0 N–H and O–H groups in total. The van der Waals surface area contributed by atoms with Crippen molar-refractivity contribution in [3.05, 3.63) is 0 Å². The van der Waals surface area contributed by atoms with Crippen LogP contribution in [0.1, 0.15) is 58.3 Å². The zero-order valence-corrected chi connectivity index (χ0v) is 13.9. The first-order valence-electron chi connectivity index (χ1n) is 7.90. The topological polar surface area (TPSA) is 36.9 Å². The van der Waals surface area contributed by atoms with Crippen molar-refractivity contribution in [2.75, 3.05) is 34.7 Å². The summed E-state index contributed by atoms with van der Waals surface area (Å²) in [6.45, 7) is 3.28. The average Bonchev–Trinajstić information content (AvgIpc) is 2.47. The van der Waals surface area contributed by atoms with E-state index in [0.717, 1.165) is 12.8 Å². The zero-order valence-electron chi connectivity index (χ0n) is 13.9. The van der Waals surface area contributed by atoms with Crippen LogP contribution < -0.4 is 0 Å². The minimum Gasteiger partial charge on any atom is -0.381 e. The fraction of sp³-hybridized carbons (Fsp3) is 1.00. The monoisotopic (exact) mass is 290 g/mol. The van der Waals surface area contributed by atoms with E-state index in [0.29, 0.717) is 25.6 Å². The van der Waals surface area contributed by atoms with E-state index < -0.39 is 0 Å². The highest BCUT2D eigenvalue weighted by Crippen LogP contribution is 2.14. The molecule has 0 heterocycles. The standard InChI is InChI=1S/C16H34O4/c1-5-9-15(18-3)10-7-6-8-11-16(19-4)12-13-20-14-17-2/h15-16H,5-14H2,1-4H3/t15-,16-/m1/s1. The van der Waals surface area contributed by atoms with Gasteiger partial charge in [-0.05, 0) is 25.7 Å². The molecule has 20 heavy (non-hydrogen) atoms. The molecular weight excluding hydrogens is 256 g/mol. The maximum Gasteiger partial charge on any atom is 0.146 e. The van der Waals surface area contributed by atoms with E-state index in [1.54, 1.807) is 14.2 Å². The molecule has 0 spiro atoms. The van der Waals surface area contributed by atoms with Gasteiger partial charge in [-0.1, -0.05) is 32.6 Å². The Morgan fingerprint density at radius 1 is 0.750 bits per heavy atom. The van der Waals surface area contributed by atoms with Gasteiger partial charge < -0.3 is 18.9 Å².